The van der Waals surface area contributed by atoms with Crippen molar-refractivity contribution in [3.8, 4) is 0 Å². The van der Waals surface area contributed by atoms with Gasteiger partial charge in [0.2, 0.25) is 15.9 Å². The molecule has 0 aromatic heterocycles. The predicted octanol–water partition coefficient (Wildman–Crippen LogP) is 2.76. The van der Waals surface area contributed by atoms with E-state index in [-0.39, 0.29) is 23.4 Å². The maximum Gasteiger partial charge on any atom is 0.243 e. The number of anilines is 1. The van der Waals surface area contributed by atoms with Gasteiger partial charge in [-0.25, -0.2) is 8.42 Å². The number of carbonyl (C=O) groups is 1. The molecule has 2 aromatic rings. The quantitative estimate of drug-likeness (QED) is 0.766. The van der Waals surface area contributed by atoms with Crippen molar-refractivity contribution in [2.24, 2.45) is 0 Å². The van der Waals surface area contributed by atoms with E-state index in [0.29, 0.717) is 18.8 Å². The molecule has 27 heavy (non-hydrogen) atoms. The van der Waals surface area contributed by atoms with Crippen LogP contribution >= 0.6 is 0 Å². The van der Waals surface area contributed by atoms with E-state index >= 15 is 0 Å². The molecule has 0 saturated carbocycles. The van der Waals surface area contributed by atoms with Gasteiger partial charge < -0.3 is 10.6 Å². The lowest BCUT2D eigenvalue weighted by molar-refractivity contribution is -0.115. The van der Waals surface area contributed by atoms with Gasteiger partial charge in [0.1, 0.15) is 0 Å². The fourth-order valence-electron chi connectivity index (χ4n) is 3.10. The summed E-state index contributed by atoms with van der Waals surface area (Å²) in [5.74, 6) is -0.173. The van der Waals surface area contributed by atoms with Crippen molar-refractivity contribution in [2.75, 3.05) is 25.0 Å². The summed E-state index contributed by atoms with van der Waals surface area (Å²) in [5.41, 5.74) is 1.69. The molecule has 7 heteroatoms. The van der Waals surface area contributed by atoms with Crippen LogP contribution in [0, 0.1) is 0 Å². The lowest BCUT2D eigenvalue weighted by Gasteiger charge is -2.16. The topological polar surface area (TPSA) is 78.5 Å². The highest BCUT2D eigenvalue weighted by Crippen LogP contribution is 2.22. The molecule has 1 fully saturated rings. The molecule has 1 atom stereocenters. The smallest absolute Gasteiger partial charge is 0.243 e. The van der Waals surface area contributed by atoms with Crippen LogP contribution in [-0.2, 0) is 14.8 Å². The summed E-state index contributed by atoms with van der Waals surface area (Å²) >= 11 is 0. The predicted molar refractivity (Wildman–Crippen MR) is 106 cm³/mol. The van der Waals surface area contributed by atoms with Crippen LogP contribution in [0.15, 0.2) is 59.5 Å². The van der Waals surface area contributed by atoms with Gasteiger partial charge in [-0.3, -0.25) is 4.79 Å². The average molecular weight is 388 g/mol. The molecule has 0 unspecified atom stereocenters. The van der Waals surface area contributed by atoms with Crippen LogP contribution in [0.25, 0.3) is 0 Å². The van der Waals surface area contributed by atoms with E-state index in [1.54, 1.807) is 24.3 Å². The number of rotatable bonds is 7. The molecule has 2 N–H and O–H groups in total. The highest BCUT2D eigenvalue weighted by atomic mass is 32.2. The van der Waals surface area contributed by atoms with Crippen molar-refractivity contribution in [2.45, 2.75) is 30.7 Å². The first kappa shape index (κ1) is 19.5. The highest BCUT2D eigenvalue weighted by molar-refractivity contribution is 7.89. The summed E-state index contributed by atoms with van der Waals surface area (Å²) in [6, 6.07) is 16.3. The van der Waals surface area contributed by atoms with Gasteiger partial charge in [-0.15, -0.1) is 0 Å². The normalized spacial score (nSPS) is 16.2. The van der Waals surface area contributed by atoms with Gasteiger partial charge in [-0.2, -0.15) is 4.31 Å². The molecule has 0 radical (unpaired) electrons. The van der Waals surface area contributed by atoms with Gasteiger partial charge in [0.15, 0.2) is 0 Å². The van der Waals surface area contributed by atoms with Crippen molar-refractivity contribution < 1.29 is 13.2 Å². The number of benzene rings is 2. The van der Waals surface area contributed by atoms with Crippen LogP contribution in [0.1, 0.15) is 31.4 Å². The summed E-state index contributed by atoms with van der Waals surface area (Å²) in [7, 11) is -3.43. The van der Waals surface area contributed by atoms with Gasteiger partial charge in [-0.05, 0) is 49.6 Å². The van der Waals surface area contributed by atoms with Crippen molar-refractivity contribution in [3.63, 3.8) is 0 Å². The molecule has 1 amide bonds. The van der Waals surface area contributed by atoms with Crippen LogP contribution in [-0.4, -0.2) is 38.3 Å². The number of amides is 1. The zero-order valence-corrected chi connectivity index (χ0v) is 16.2. The maximum atomic E-state index is 12.5. The first-order chi connectivity index (χ1) is 13.0. The zero-order valence-electron chi connectivity index (χ0n) is 15.4. The Balaban J connectivity index is 1.54. The first-order valence-corrected chi connectivity index (χ1v) is 10.6. The number of carbonyl (C=O) groups excluding carboxylic acids is 1. The third kappa shape index (κ3) is 4.94. The Morgan fingerprint density at radius 2 is 1.67 bits per heavy atom. The minimum Gasteiger partial charge on any atom is -0.325 e. The SMILES string of the molecule is C[C@H](NCC(=O)Nc1ccc(S(=O)(=O)N2CCCC2)cc1)c1ccccc1. The largest absolute Gasteiger partial charge is 0.325 e. The lowest BCUT2D eigenvalue weighted by atomic mass is 10.1. The highest BCUT2D eigenvalue weighted by Gasteiger charge is 2.26. The van der Waals surface area contributed by atoms with Crippen LogP contribution < -0.4 is 10.6 Å². The fourth-order valence-corrected chi connectivity index (χ4v) is 4.62. The Labute approximate surface area is 160 Å². The Morgan fingerprint density at radius 3 is 2.30 bits per heavy atom. The molecule has 1 aliphatic rings. The number of sulfonamides is 1. The Kier molecular flexibility index (Phi) is 6.26. The molecule has 0 spiro atoms. The van der Waals surface area contributed by atoms with Crippen LogP contribution in [0.2, 0.25) is 0 Å². The molecule has 144 valence electrons. The summed E-state index contributed by atoms with van der Waals surface area (Å²) in [6.07, 6.45) is 1.81. The minimum absolute atomic E-state index is 0.0601. The Hall–Kier alpha value is -2.22. The molecular weight excluding hydrogens is 362 g/mol. The fraction of sp³-hybridized carbons (Fsp3) is 0.350. The van der Waals surface area contributed by atoms with E-state index in [4.69, 9.17) is 0 Å². The summed E-state index contributed by atoms with van der Waals surface area (Å²) in [5, 5.41) is 5.96. The van der Waals surface area contributed by atoms with Gasteiger partial charge in [0.05, 0.1) is 11.4 Å². The molecule has 6 nitrogen and oxygen atoms in total. The van der Waals surface area contributed by atoms with Gasteiger partial charge in [0.25, 0.3) is 0 Å². The summed E-state index contributed by atoms with van der Waals surface area (Å²) in [4.78, 5) is 12.4. The zero-order chi connectivity index (χ0) is 19.3. The van der Waals surface area contributed by atoms with Gasteiger partial charge in [-0.1, -0.05) is 30.3 Å². The number of nitrogens with zero attached hydrogens (tertiary/aromatic N) is 1. The summed E-state index contributed by atoms with van der Waals surface area (Å²) in [6.45, 7) is 3.32. The van der Waals surface area contributed by atoms with E-state index in [0.717, 1.165) is 18.4 Å². The number of hydrogen-bond donors (Lipinski definition) is 2. The third-order valence-corrected chi connectivity index (χ3v) is 6.62. The van der Waals surface area contributed by atoms with Crippen LogP contribution in [0.4, 0.5) is 5.69 Å². The second-order valence-corrected chi connectivity index (χ2v) is 8.63. The molecule has 1 heterocycles. The summed E-state index contributed by atoms with van der Waals surface area (Å²) < 4.78 is 26.5. The molecule has 0 aliphatic carbocycles. The van der Waals surface area contributed by atoms with Crippen molar-refractivity contribution >= 4 is 21.6 Å². The Morgan fingerprint density at radius 1 is 1.04 bits per heavy atom. The average Bonchev–Trinajstić information content (AvgIpc) is 3.23. The van der Waals surface area contributed by atoms with Gasteiger partial charge >= 0.3 is 0 Å². The monoisotopic (exact) mass is 387 g/mol. The number of nitrogens with one attached hydrogen (secondary N) is 2. The van der Waals surface area contributed by atoms with Crippen molar-refractivity contribution in [1.29, 1.82) is 0 Å². The van der Waals surface area contributed by atoms with E-state index in [9.17, 15) is 13.2 Å². The van der Waals surface area contributed by atoms with Crippen molar-refractivity contribution in [3.05, 3.63) is 60.2 Å². The van der Waals surface area contributed by atoms with E-state index < -0.39 is 10.0 Å². The first-order valence-electron chi connectivity index (χ1n) is 9.15. The lowest BCUT2D eigenvalue weighted by Crippen LogP contribution is -2.30. The van der Waals surface area contributed by atoms with E-state index in [2.05, 4.69) is 10.6 Å². The molecule has 0 bridgehead atoms. The van der Waals surface area contributed by atoms with E-state index in [1.807, 2.05) is 37.3 Å². The standard InChI is InChI=1S/C20H25N3O3S/c1-16(17-7-3-2-4-8-17)21-15-20(24)22-18-9-11-19(12-10-18)27(25,26)23-13-5-6-14-23/h2-4,7-12,16,21H,5-6,13-15H2,1H3,(H,22,24)/t16-/m0/s1. The van der Waals surface area contributed by atoms with Crippen LogP contribution in [0.5, 0.6) is 0 Å². The van der Waals surface area contributed by atoms with Gasteiger partial charge in [0, 0.05) is 24.8 Å². The minimum atomic E-state index is -3.43. The molecule has 2 aromatic carbocycles. The molecule has 1 aliphatic heterocycles. The maximum absolute atomic E-state index is 12.5. The Bertz CT molecular complexity index is 861. The van der Waals surface area contributed by atoms with E-state index in [1.165, 1.54) is 4.31 Å². The third-order valence-electron chi connectivity index (χ3n) is 4.71. The second kappa shape index (κ2) is 8.65. The molecule has 3 rings (SSSR count). The number of hydrogen-bond acceptors (Lipinski definition) is 4. The van der Waals surface area contributed by atoms with Crippen molar-refractivity contribution in [1.82, 2.24) is 9.62 Å². The molecule has 1 saturated heterocycles. The molecular formula is C20H25N3O3S. The second-order valence-electron chi connectivity index (χ2n) is 6.70. The van der Waals surface area contributed by atoms with Crippen LogP contribution in [0.3, 0.4) is 0 Å².